The van der Waals surface area contributed by atoms with Crippen LogP contribution in [0.15, 0.2) is 0 Å². The Morgan fingerprint density at radius 1 is 1.18 bits per heavy atom. The van der Waals surface area contributed by atoms with Gasteiger partial charge in [-0.15, -0.1) is 0 Å². The van der Waals surface area contributed by atoms with Crippen LogP contribution in [0.5, 0.6) is 0 Å². The highest BCUT2D eigenvalue weighted by molar-refractivity contribution is 7.89. The maximum atomic E-state index is 11.9. The molecule has 0 aromatic carbocycles. The van der Waals surface area contributed by atoms with Crippen LogP contribution in [-0.4, -0.2) is 33.8 Å². The van der Waals surface area contributed by atoms with Crippen molar-refractivity contribution in [2.45, 2.75) is 51.5 Å². The summed E-state index contributed by atoms with van der Waals surface area (Å²) >= 11 is 0. The Balaban J connectivity index is 2.44. The molecule has 5 heteroatoms. The van der Waals surface area contributed by atoms with E-state index in [2.05, 4.69) is 17.0 Å². The van der Waals surface area contributed by atoms with Gasteiger partial charge in [-0.1, -0.05) is 26.2 Å². The van der Waals surface area contributed by atoms with Crippen molar-refractivity contribution in [1.82, 2.24) is 10.0 Å². The molecule has 2 unspecified atom stereocenters. The lowest BCUT2D eigenvalue weighted by Crippen LogP contribution is -2.40. The van der Waals surface area contributed by atoms with E-state index in [1.807, 2.05) is 7.05 Å². The van der Waals surface area contributed by atoms with Gasteiger partial charge in [-0.25, -0.2) is 13.1 Å². The molecule has 0 heterocycles. The van der Waals surface area contributed by atoms with Crippen LogP contribution >= 0.6 is 0 Å². The third-order valence-corrected chi connectivity index (χ3v) is 5.02. The van der Waals surface area contributed by atoms with Gasteiger partial charge in [0.25, 0.3) is 0 Å². The summed E-state index contributed by atoms with van der Waals surface area (Å²) in [6, 6.07) is 0.150. The minimum atomic E-state index is -3.09. The fourth-order valence-electron chi connectivity index (χ4n) is 2.40. The van der Waals surface area contributed by atoms with Gasteiger partial charge in [0.15, 0.2) is 0 Å². The quantitative estimate of drug-likeness (QED) is 0.563. The molecule has 1 saturated carbocycles. The van der Waals surface area contributed by atoms with Gasteiger partial charge in [-0.3, -0.25) is 0 Å². The van der Waals surface area contributed by atoms with E-state index in [9.17, 15) is 8.42 Å². The summed E-state index contributed by atoms with van der Waals surface area (Å²) in [5, 5.41) is 2.97. The lowest BCUT2D eigenvalue weighted by Gasteiger charge is -2.22. The second-order valence-corrected chi connectivity index (χ2v) is 6.99. The normalized spacial score (nSPS) is 26.7. The topological polar surface area (TPSA) is 58.2 Å². The van der Waals surface area contributed by atoms with E-state index >= 15 is 0 Å². The van der Waals surface area contributed by atoms with Crippen LogP contribution in [0.3, 0.4) is 0 Å². The summed E-state index contributed by atoms with van der Waals surface area (Å²) in [4.78, 5) is 0. The van der Waals surface area contributed by atoms with Crippen molar-refractivity contribution in [3.05, 3.63) is 0 Å². The molecule has 1 fully saturated rings. The number of rotatable bonds is 6. The SMILES string of the molecule is CNCCCS(=O)(=O)NC1CCCCCC1C. The first-order valence-electron chi connectivity index (χ1n) is 6.70. The van der Waals surface area contributed by atoms with E-state index in [0.717, 1.165) is 25.8 Å². The number of nitrogens with one attached hydrogen (secondary N) is 2. The van der Waals surface area contributed by atoms with E-state index in [1.165, 1.54) is 12.8 Å². The summed E-state index contributed by atoms with van der Waals surface area (Å²) in [5.74, 6) is 0.702. The fourth-order valence-corrected chi connectivity index (χ4v) is 3.85. The van der Waals surface area contributed by atoms with Crippen LogP contribution in [0.1, 0.15) is 45.4 Å². The van der Waals surface area contributed by atoms with Crippen LogP contribution in [0.2, 0.25) is 0 Å². The molecule has 0 spiro atoms. The molecule has 2 N–H and O–H groups in total. The van der Waals surface area contributed by atoms with Crippen LogP contribution in [0, 0.1) is 5.92 Å². The van der Waals surface area contributed by atoms with Gasteiger partial charge in [0.1, 0.15) is 0 Å². The Hall–Kier alpha value is -0.130. The summed E-state index contributed by atoms with van der Waals surface area (Å²) in [5.41, 5.74) is 0. The molecule has 1 rings (SSSR count). The maximum Gasteiger partial charge on any atom is 0.211 e. The van der Waals surface area contributed by atoms with E-state index < -0.39 is 10.0 Å². The van der Waals surface area contributed by atoms with Crippen molar-refractivity contribution >= 4 is 10.0 Å². The fraction of sp³-hybridized carbons (Fsp3) is 1.00. The van der Waals surface area contributed by atoms with Gasteiger partial charge < -0.3 is 5.32 Å². The number of hydrogen-bond donors (Lipinski definition) is 2. The molecule has 0 bridgehead atoms. The van der Waals surface area contributed by atoms with Gasteiger partial charge in [0, 0.05) is 6.04 Å². The Labute approximate surface area is 106 Å². The van der Waals surface area contributed by atoms with Gasteiger partial charge >= 0.3 is 0 Å². The second-order valence-electron chi connectivity index (χ2n) is 5.12. The molecule has 17 heavy (non-hydrogen) atoms. The third-order valence-electron chi connectivity index (χ3n) is 3.53. The molecule has 2 atom stereocenters. The molecule has 1 aliphatic carbocycles. The summed E-state index contributed by atoms with van der Waals surface area (Å²) in [7, 11) is -1.25. The highest BCUT2D eigenvalue weighted by Gasteiger charge is 2.24. The number of hydrogen-bond acceptors (Lipinski definition) is 3. The van der Waals surface area contributed by atoms with E-state index in [0.29, 0.717) is 12.3 Å². The zero-order chi connectivity index (χ0) is 12.7. The first kappa shape index (κ1) is 14.9. The Morgan fingerprint density at radius 3 is 2.59 bits per heavy atom. The zero-order valence-electron chi connectivity index (χ0n) is 11.0. The minimum Gasteiger partial charge on any atom is -0.320 e. The predicted octanol–water partition coefficient (Wildman–Crippen LogP) is 1.48. The molecule has 0 radical (unpaired) electrons. The van der Waals surface area contributed by atoms with Crippen molar-refractivity contribution in [2.75, 3.05) is 19.3 Å². The van der Waals surface area contributed by atoms with Crippen LogP contribution in [0.25, 0.3) is 0 Å². The van der Waals surface area contributed by atoms with Crippen molar-refractivity contribution in [2.24, 2.45) is 5.92 Å². The molecular weight excluding hydrogens is 236 g/mol. The zero-order valence-corrected chi connectivity index (χ0v) is 11.9. The van der Waals surface area contributed by atoms with Crippen molar-refractivity contribution < 1.29 is 8.42 Å². The minimum absolute atomic E-state index is 0.150. The monoisotopic (exact) mass is 262 g/mol. The average Bonchev–Trinajstić information content (AvgIpc) is 2.44. The predicted molar refractivity (Wildman–Crippen MR) is 71.5 cm³/mol. The van der Waals surface area contributed by atoms with Gasteiger partial charge in [0.2, 0.25) is 10.0 Å². The third kappa shape index (κ3) is 5.84. The first-order chi connectivity index (χ1) is 8.05. The second kappa shape index (κ2) is 7.34. The summed E-state index contributed by atoms with van der Waals surface area (Å²) in [6.07, 6.45) is 6.43. The Morgan fingerprint density at radius 2 is 1.88 bits per heavy atom. The Kier molecular flexibility index (Phi) is 6.44. The summed E-state index contributed by atoms with van der Waals surface area (Å²) < 4.78 is 26.7. The number of sulfonamides is 1. The molecule has 102 valence electrons. The highest BCUT2D eigenvalue weighted by atomic mass is 32.2. The van der Waals surface area contributed by atoms with Gasteiger partial charge in [-0.2, -0.15) is 0 Å². The molecule has 0 aromatic heterocycles. The molecule has 0 amide bonds. The first-order valence-corrected chi connectivity index (χ1v) is 8.35. The standard InChI is InChI=1S/C12H26N2O2S/c1-11-7-4-3-5-8-12(11)14-17(15,16)10-6-9-13-2/h11-14H,3-10H2,1-2H3. The average molecular weight is 262 g/mol. The molecule has 0 aliphatic heterocycles. The van der Waals surface area contributed by atoms with Crippen molar-refractivity contribution in [3.8, 4) is 0 Å². The van der Waals surface area contributed by atoms with Gasteiger partial charge in [0.05, 0.1) is 5.75 Å². The summed E-state index contributed by atoms with van der Waals surface area (Å²) in [6.45, 7) is 2.91. The van der Waals surface area contributed by atoms with Crippen LogP contribution < -0.4 is 10.0 Å². The van der Waals surface area contributed by atoms with Gasteiger partial charge in [-0.05, 0) is 38.8 Å². The van der Waals surface area contributed by atoms with E-state index in [-0.39, 0.29) is 11.8 Å². The Bertz CT molecular complexity index is 304. The lowest BCUT2D eigenvalue weighted by molar-refractivity contribution is 0.399. The van der Waals surface area contributed by atoms with Crippen molar-refractivity contribution in [3.63, 3.8) is 0 Å². The molecule has 0 aromatic rings. The molecule has 1 aliphatic rings. The van der Waals surface area contributed by atoms with Crippen molar-refractivity contribution in [1.29, 1.82) is 0 Å². The van der Waals surface area contributed by atoms with E-state index in [1.54, 1.807) is 0 Å². The lowest BCUT2D eigenvalue weighted by atomic mass is 9.98. The highest BCUT2D eigenvalue weighted by Crippen LogP contribution is 2.23. The van der Waals surface area contributed by atoms with Crippen LogP contribution in [-0.2, 0) is 10.0 Å². The maximum absolute atomic E-state index is 11.9. The van der Waals surface area contributed by atoms with Crippen LogP contribution in [0.4, 0.5) is 0 Å². The largest absolute Gasteiger partial charge is 0.320 e. The molecular formula is C12H26N2O2S. The molecule has 4 nitrogen and oxygen atoms in total. The van der Waals surface area contributed by atoms with E-state index in [4.69, 9.17) is 0 Å². The smallest absolute Gasteiger partial charge is 0.211 e. The molecule has 0 saturated heterocycles.